The van der Waals surface area contributed by atoms with Crippen LogP contribution in [0, 0.1) is 11.3 Å². The molecule has 0 unspecified atom stereocenters. The first-order valence-electron chi connectivity index (χ1n) is 7.00. The first kappa shape index (κ1) is 15.8. The van der Waals surface area contributed by atoms with Gasteiger partial charge in [-0.2, -0.15) is 0 Å². The fraction of sp³-hybridized carbons (Fsp3) is 0.857. The summed E-state index contributed by atoms with van der Waals surface area (Å²) in [5, 5.41) is 14.6. The molecule has 5 nitrogen and oxygen atoms in total. The highest BCUT2D eigenvalue weighted by molar-refractivity contribution is 5.83. The van der Waals surface area contributed by atoms with Crippen molar-refractivity contribution in [1.29, 1.82) is 0 Å². The molecule has 0 radical (unpaired) electrons. The number of nitrogens with one attached hydrogen (secondary N) is 2. The minimum Gasteiger partial charge on any atom is -0.480 e. The number of carbonyl (C=O) groups excluding carboxylic acids is 1. The Morgan fingerprint density at radius 1 is 1.16 bits per heavy atom. The standard InChI is InChI=1S/C14H26N2O3/c1-9-5-7-10(8-6-9)15-13(19)16-11(12(17)18)14(2,3)4/h9-11H,5-8H2,1-4H3,(H,17,18)(H2,15,16,19)/t9?,10?,11-/m1/s1. The van der Waals surface area contributed by atoms with Crippen LogP contribution in [0.4, 0.5) is 4.79 Å². The summed E-state index contributed by atoms with van der Waals surface area (Å²) in [5.41, 5.74) is -0.510. The van der Waals surface area contributed by atoms with Crippen LogP contribution in [0.25, 0.3) is 0 Å². The van der Waals surface area contributed by atoms with Crippen LogP contribution < -0.4 is 10.6 Å². The van der Waals surface area contributed by atoms with Crippen molar-refractivity contribution in [2.24, 2.45) is 11.3 Å². The van der Waals surface area contributed by atoms with Crippen molar-refractivity contribution in [3.63, 3.8) is 0 Å². The molecule has 0 bridgehead atoms. The summed E-state index contributed by atoms with van der Waals surface area (Å²) in [6, 6.07) is -1.08. The Balaban J connectivity index is 2.47. The number of carbonyl (C=O) groups is 2. The molecule has 1 saturated carbocycles. The van der Waals surface area contributed by atoms with Gasteiger partial charge in [0.2, 0.25) is 0 Å². The van der Waals surface area contributed by atoms with Gasteiger partial charge in [0.1, 0.15) is 6.04 Å². The number of carboxylic acid groups (broad SMARTS) is 1. The normalized spacial score (nSPS) is 25.5. The second kappa shape index (κ2) is 6.26. The Hall–Kier alpha value is -1.26. The maximum atomic E-state index is 11.9. The van der Waals surface area contributed by atoms with E-state index in [0.29, 0.717) is 0 Å². The van der Waals surface area contributed by atoms with Gasteiger partial charge in [-0.1, -0.05) is 27.7 Å². The highest BCUT2D eigenvalue weighted by atomic mass is 16.4. The average Bonchev–Trinajstić information content (AvgIpc) is 2.27. The van der Waals surface area contributed by atoms with Crippen LogP contribution in [0.15, 0.2) is 0 Å². The Bertz CT molecular complexity index is 328. The molecule has 2 amide bonds. The molecule has 5 heteroatoms. The molecular formula is C14H26N2O3. The number of amides is 2. The Morgan fingerprint density at radius 2 is 1.68 bits per heavy atom. The number of hydrogen-bond acceptors (Lipinski definition) is 2. The van der Waals surface area contributed by atoms with Crippen LogP contribution in [0.1, 0.15) is 53.4 Å². The molecule has 1 aliphatic carbocycles. The Labute approximate surface area is 115 Å². The molecule has 0 aromatic heterocycles. The predicted molar refractivity (Wildman–Crippen MR) is 74.0 cm³/mol. The van der Waals surface area contributed by atoms with E-state index in [-0.39, 0.29) is 12.1 Å². The molecule has 3 N–H and O–H groups in total. The van der Waals surface area contributed by atoms with Crippen LogP contribution in [0.2, 0.25) is 0 Å². The molecule has 0 saturated heterocycles. The minimum atomic E-state index is -1.00. The highest BCUT2D eigenvalue weighted by Gasteiger charge is 2.33. The third-order valence-corrected chi connectivity index (χ3v) is 3.74. The first-order chi connectivity index (χ1) is 8.70. The Morgan fingerprint density at radius 3 is 2.11 bits per heavy atom. The molecular weight excluding hydrogens is 244 g/mol. The van der Waals surface area contributed by atoms with Gasteiger partial charge < -0.3 is 15.7 Å². The Kier molecular flexibility index (Phi) is 5.20. The summed E-state index contributed by atoms with van der Waals surface area (Å²) < 4.78 is 0. The first-order valence-corrected chi connectivity index (χ1v) is 7.00. The van der Waals surface area contributed by atoms with Crippen LogP contribution in [-0.2, 0) is 4.79 Å². The SMILES string of the molecule is CC1CCC(NC(=O)N[C@H](C(=O)O)C(C)(C)C)CC1. The van der Waals surface area contributed by atoms with E-state index in [1.807, 2.05) is 0 Å². The van der Waals surface area contributed by atoms with Crippen molar-refractivity contribution in [2.45, 2.75) is 65.5 Å². The molecule has 1 atom stereocenters. The van der Waals surface area contributed by atoms with E-state index >= 15 is 0 Å². The summed E-state index contributed by atoms with van der Waals surface area (Å²) >= 11 is 0. The summed E-state index contributed by atoms with van der Waals surface area (Å²) in [7, 11) is 0. The quantitative estimate of drug-likeness (QED) is 0.736. The fourth-order valence-corrected chi connectivity index (χ4v) is 2.41. The van der Waals surface area contributed by atoms with Gasteiger partial charge in [0.15, 0.2) is 0 Å². The van der Waals surface area contributed by atoms with E-state index in [1.165, 1.54) is 0 Å². The van der Waals surface area contributed by atoms with Crippen molar-refractivity contribution in [1.82, 2.24) is 10.6 Å². The lowest BCUT2D eigenvalue weighted by Crippen LogP contribution is -2.54. The summed E-state index contributed by atoms with van der Waals surface area (Å²) in [6.45, 7) is 7.62. The second-order valence-corrected chi connectivity index (χ2v) is 6.71. The van der Waals surface area contributed by atoms with E-state index < -0.39 is 17.4 Å². The predicted octanol–water partition coefficient (Wildman–Crippen LogP) is 2.36. The lowest BCUT2D eigenvalue weighted by molar-refractivity contribution is -0.141. The number of hydrogen-bond donors (Lipinski definition) is 3. The molecule has 0 aliphatic heterocycles. The van der Waals surface area contributed by atoms with Gasteiger partial charge in [-0.05, 0) is 37.0 Å². The van der Waals surface area contributed by atoms with Gasteiger partial charge >= 0.3 is 12.0 Å². The van der Waals surface area contributed by atoms with Crippen molar-refractivity contribution in [3.8, 4) is 0 Å². The van der Waals surface area contributed by atoms with Crippen LogP contribution in [0.3, 0.4) is 0 Å². The second-order valence-electron chi connectivity index (χ2n) is 6.71. The van der Waals surface area contributed by atoms with Crippen molar-refractivity contribution in [2.75, 3.05) is 0 Å². The van der Waals surface area contributed by atoms with E-state index in [0.717, 1.165) is 31.6 Å². The topological polar surface area (TPSA) is 78.4 Å². The van der Waals surface area contributed by atoms with E-state index in [2.05, 4.69) is 17.6 Å². The third kappa shape index (κ3) is 5.09. The molecule has 0 aromatic carbocycles. The molecule has 0 heterocycles. The summed E-state index contributed by atoms with van der Waals surface area (Å²) in [6.07, 6.45) is 4.18. The lowest BCUT2D eigenvalue weighted by Gasteiger charge is -2.30. The number of urea groups is 1. The highest BCUT2D eigenvalue weighted by Crippen LogP contribution is 2.23. The number of aliphatic carboxylic acids is 1. The van der Waals surface area contributed by atoms with Gasteiger partial charge in [-0.15, -0.1) is 0 Å². The lowest BCUT2D eigenvalue weighted by atomic mass is 9.86. The maximum Gasteiger partial charge on any atom is 0.326 e. The molecule has 0 aromatic rings. The van der Waals surface area contributed by atoms with Gasteiger partial charge in [0.25, 0.3) is 0 Å². The van der Waals surface area contributed by atoms with Gasteiger partial charge in [-0.3, -0.25) is 0 Å². The van der Waals surface area contributed by atoms with Crippen LogP contribution in [0.5, 0.6) is 0 Å². The van der Waals surface area contributed by atoms with Crippen LogP contribution >= 0.6 is 0 Å². The zero-order valence-corrected chi connectivity index (χ0v) is 12.3. The van der Waals surface area contributed by atoms with Crippen molar-refractivity contribution < 1.29 is 14.7 Å². The summed E-state index contributed by atoms with van der Waals surface area (Å²) in [5.74, 6) is -0.276. The molecule has 110 valence electrons. The largest absolute Gasteiger partial charge is 0.480 e. The number of rotatable bonds is 3. The van der Waals surface area contributed by atoms with Gasteiger partial charge in [0.05, 0.1) is 0 Å². The van der Waals surface area contributed by atoms with E-state index in [9.17, 15) is 9.59 Å². The van der Waals surface area contributed by atoms with Gasteiger partial charge in [-0.25, -0.2) is 9.59 Å². The zero-order chi connectivity index (χ0) is 14.6. The minimum absolute atomic E-state index is 0.172. The van der Waals surface area contributed by atoms with E-state index in [1.54, 1.807) is 20.8 Å². The summed E-state index contributed by atoms with van der Waals surface area (Å²) in [4.78, 5) is 23.0. The monoisotopic (exact) mass is 270 g/mol. The molecule has 19 heavy (non-hydrogen) atoms. The molecule has 1 fully saturated rings. The van der Waals surface area contributed by atoms with E-state index in [4.69, 9.17) is 5.11 Å². The molecule has 0 spiro atoms. The smallest absolute Gasteiger partial charge is 0.326 e. The number of carboxylic acids is 1. The third-order valence-electron chi connectivity index (χ3n) is 3.74. The van der Waals surface area contributed by atoms with Crippen molar-refractivity contribution >= 4 is 12.0 Å². The molecule has 1 rings (SSSR count). The maximum absolute atomic E-state index is 11.9. The van der Waals surface area contributed by atoms with Gasteiger partial charge in [0, 0.05) is 6.04 Å². The van der Waals surface area contributed by atoms with Crippen LogP contribution in [-0.4, -0.2) is 29.2 Å². The molecule has 1 aliphatic rings. The fourth-order valence-electron chi connectivity index (χ4n) is 2.41. The zero-order valence-electron chi connectivity index (χ0n) is 12.3. The van der Waals surface area contributed by atoms with Crippen molar-refractivity contribution in [3.05, 3.63) is 0 Å². The average molecular weight is 270 g/mol.